The Morgan fingerprint density at radius 1 is 0.382 bits per heavy atom. The van der Waals surface area contributed by atoms with Crippen molar-refractivity contribution < 1.29 is 22.9 Å². The molecular formula is C27H45InO6. The molecule has 0 spiro atoms. The van der Waals surface area contributed by atoms with Gasteiger partial charge in [0.25, 0.3) is 0 Å². The SMILES string of the molecule is O=C([O][In]([O]C(=O)C1CCCCCCC1)[O]C(=O)C1CCCCCCC1)C1CCCCCCC1. The maximum atomic E-state index is 13.0. The average molecular weight is 580 g/mol. The van der Waals surface area contributed by atoms with Gasteiger partial charge in [0, 0.05) is 0 Å². The molecule has 3 fully saturated rings. The van der Waals surface area contributed by atoms with Crippen molar-refractivity contribution in [1.29, 1.82) is 0 Å². The summed E-state index contributed by atoms with van der Waals surface area (Å²) in [5, 5.41) is 0. The maximum absolute atomic E-state index is 13.0. The van der Waals surface area contributed by atoms with E-state index in [1.54, 1.807) is 0 Å². The van der Waals surface area contributed by atoms with Crippen LogP contribution in [-0.2, 0) is 22.9 Å². The van der Waals surface area contributed by atoms with Gasteiger partial charge in [0.15, 0.2) is 0 Å². The quantitative estimate of drug-likeness (QED) is 0.349. The molecule has 0 aromatic carbocycles. The number of hydrogen-bond donors (Lipinski definition) is 0. The average Bonchev–Trinajstić information content (AvgIpc) is 2.72. The van der Waals surface area contributed by atoms with Crippen LogP contribution in [0.2, 0.25) is 0 Å². The van der Waals surface area contributed by atoms with Gasteiger partial charge in [0.05, 0.1) is 0 Å². The zero-order chi connectivity index (χ0) is 24.0. The van der Waals surface area contributed by atoms with E-state index in [9.17, 15) is 14.4 Å². The molecule has 0 amide bonds. The van der Waals surface area contributed by atoms with Gasteiger partial charge in [-0.1, -0.05) is 0 Å². The molecule has 3 saturated carbocycles. The second kappa shape index (κ2) is 16.1. The molecule has 0 saturated heterocycles. The predicted molar refractivity (Wildman–Crippen MR) is 131 cm³/mol. The van der Waals surface area contributed by atoms with E-state index < -0.39 is 22.7 Å². The summed E-state index contributed by atoms with van der Waals surface area (Å²) in [7, 11) is 0. The van der Waals surface area contributed by atoms with Gasteiger partial charge >= 0.3 is 216 Å². The standard InChI is InChI=1S/3C9H16O2.In/c3*10-9(11)8-6-4-2-1-3-5-7-8;/h3*8H,1-7H2,(H,10,11);/q;;;+3/p-3. The second-order valence-electron chi connectivity index (χ2n) is 10.7. The molecule has 3 aliphatic carbocycles. The van der Waals surface area contributed by atoms with Crippen LogP contribution < -0.4 is 0 Å². The molecule has 0 atom stereocenters. The normalized spacial score (nSPS) is 22.6. The van der Waals surface area contributed by atoms with Crippen molar-refractivity contribution in [1.82, 2.24) is 0 Å². The molecule has 0 aliphatic heterocycles. The zero-order valence-corrected chi connectivity index (χ0v) is 24.4. The van der Waals surface area contributed by atoms with Gasteiger partial charge in [-0.2, -0.15) is 0 Å². The number of rotatable bonds is 6. The molecule has 34 heavy (non-hydrogen) atoms. The van der Waals surface area contributed by atoms with Crippen LogP contribution in [0, 0.1) is 17.8 Å². The molecule has 192 valence electrons. The first-order chi connectivity index (χ1) is 16.6. The third-order valence-corrected chi connectivity index (χ3v) is 11.6. The fourth-order valence-electron chi connectivity index (χ4n) is 5.72. The van der Waals surface area contributed by atoms with Crippen molar-refractivity contribution >= 4 is 40.7 Å². The number of carbonyl (C=O) groups excluding carboxylic acids is 3. The summed E-state index contributed by atoms with van der Waals surface area (Å²) < 4.78 is 17.4. The molecule has 0 unspecified atom stereocenters. The third kappa shape index (κ3) is 10.1. The molecule has 0 N–H and O–H groups in total. The van der Waals surface area contributed by atoms with E-state index in [0.717, 1.165) is 116 Å². The van der Waals surface area contributed by atoms with E-state index in [1.165, 1.54) is 19.3 Å². The van der Waals surface area contributed by atoms with E-state index in [4.69, 9.17) is 8.56 Å². The van der Waals surface area contributed by atoms with Crippen molar-refractivity contribution in [2.45, 2.75) is 135 Å². The van der Waals surface area contributed by atoms with Crippen LogP contribution in [0.4, 0.5) is 0 Å². The monoisotopic (exact) mass is 580 g/mol. The summed E-state index contributed by atoms with van der Waals surface area (Å²) in [5.41, 5.74) is 0. The first-order valence-corrected chi connectivity index (χ1v) is 18.3. The zero-order valence-electron chi connectivity index (χ0n) is 21.1. The topological polar surface area (TPSA) is 78.9 Å². The van der Waals surface area contributed by atoms with Crippen LogP contribution in [-0.4, -0.2) is 40.7 Å². The molecule has 6 nitrogen and oxygen atoms in total. The van der Waals surface area contributed by atoms with Crippen molar-refractivity contribution in [3.05, 3.63) is 0 Å². The Morgan fingerprint density at radius 3 is 0.824 bits per heavy atom. The molecule has 3 rings (SSSR count). The summed E-state index contributed by atoms with van der Waals surface area (Å²) in [6.45, 7) is 0. The van der Waals surface area contributed by atoms with Crippen LogP contribution in [0.25, 0.3) is 0 Å². The summed E-state index contributed by atoms with van der Waals surface area (Å²) in [5.74, 6) is -1.42. The molecule has 3 aliphatic rings. The van der Waals surface area contributed by atoms with Crippen LogP contribution in [0.5, 0.6) is 0 Å². The van der Waals surface area contributed by atoms with E-state index in [0.29, 0.717) is 0 Å². The Morgan fingerprint density at radius 2 is 0.588 bits per heavy atom. The van der Waals surface area contributed by atoms with E-state index in [2.05, 4.69) is 0 Å². The Hall–Kier alpha value is -0.720. The number of carbonyl (C=O) groups is 3. The Bertz CT molecular complexity index is 529. The second-order valence-corrected chi connectivity index (χ2v) is 14.4. The van der Waals surface area contributed by atoms with E-state index in [-0.39, 0.29) is 35.7 Å². The molecule has 0 aromatic heterocycles. The van der Waals surface area contributed by atoms with Crippen molar-refractivity contribution in [2.75, 3.05) is 0 Å². The van der Waals surface area contributed by atoms with Crippen LogP contribution in [0.3, 0.4) is 0 Å². The molecule has 0 radical (unpaired) electrons. The van der Waals surface area contributed by atoms with Gasteiger partial charge in [-0.05, 0) is 0 Å². The minimum absolute atomic E-state index is 0.167. The van der Waals surface area contributed by atoms with Crippen molar-refractivity contribution in [3.8, 4) is 0 Å². The molecule has 0 aromatic rings. The van der Waals surface area contributed by atoms with Gasteiger partial charge in [0.1, 0.15) is 0 Å². The van der Waals surface area contributed by atoms with Crippen LogP contribution in [0.15, 0.2) is 0 Å². The summed E-state index contributed by atoms with van der Waals surface area (Å²) >= 11 is -4.11. The van der Waals surface area contributed by atoms with Crippen molar-refractivity contribution in [2.24, 2.45) is 17.8 Å². The van der Waals surface area contributed by atoms with Gasteiger partial charge in [-0.25, -0.2) is 0 Å². The fourth-order valence-corrected chi connectivity index (χ4v) is 9.40. The first kappa shape index (κ1) is 27.9. The van der Waals surface area contributed by atoms with Gasteiger partial charge in [-0.3, -0.25) is 0 Å². The van der Waals surface area contributed by atoms with Gasteiger partial charge in [0.2, 0.25) is 0 Å². The Labute approximate surface area is 215 Å². The van der Waals surface area contributed by atoms with E-state index >= 15 is 0 Å². The Balaban J connectivity index is 1.63. The molecule has 0 heterocycles. The molecule has 0 bridgehead atoms. The van der Waals surface area contributed by atoms with Gasteiger partial charge < -0.3 is 0 Å². The van der Waals surface area contributed by atoms with Gasteiger partial charge in [-0.15, -0.1) is 0 Å². The minimum atomic E-state index is -4.11. The third-order valence-electron chi connectivity index (χ3n) is 7.95. The fraction of sp³-hybridized carbons (Fsp3) is 0.889. The summed E-state index contributed by atoms with van der Waals surface area (Å²) in [6.07, 6.45) is 21.5. The predicted octanol–water partition coefficient (Wildman–Crippen LogP) is 6.68. The van der Waals surface area contributed by atoms with E-state index in [1.807, 2.05) is 0 Å². The van der Waals surface area contributed by atoms with Crippen LogP contribution >= 0.6 is 0 Å². The Kier molecular flexibility index (Phi) is 13.2. The van der Waals surface area contributed by atoms with Crippen LogP contribution in [0.1, 0.15) is 135 Å². The number of hydrogen-bond acceptors (Lipinski definition) is 6. The summed E-state index contributed by atoms with van der Waals surface area (Å²) in [4.78, 5) is 39.1. The molecule has 7 heteroatoms. The molecular weight excluding hydrogens is 535 g/mol. The summed E-state index contributed by atoms with van der Waals surface area (Å²) in [6, 6.07) is 0. The van der Waals surface area contributed by atoms with Crippen molar-refractivity contribution in [3.63, 3.8) is 0 Å². The first-order valence-electron chi connectivity index (χ1n) is 14.2.